The molecule has 31 heavy (non-hydrogen) atoms. The van der Waals surface area contributed by atoms with Crippen LogP contribution in [0.15, 0.2) is 41.1 Å². The molecule has 1 fully saturated rings. The fourth-order valence-corrected chi connectivity index (χ4v) is 5.32. The number of aromatic nitrogens is 1. The van der Waals surface area contributed by atoms with Gasteiger partial charge in [0.2, 0.25) is 0 Å². The quantitative estimate of drug-likeness (QED) is 0.452. The second-order valence-electron chi connectivity index (χ2n) is 7.42. The van der Waals surface area contributed by atoms with Crippen LogP contribution in [0.3, 0.4) is 0 Å². The Hall–Kier alpha value is -2.42. The molecule has 0 spiro atoms. The number of benzene rings is 1. The summed E-state index contributed by atoms with van der Waals surface area (Å²) in [6.45, 7) is 3.98. The Morgan fingerprint density at radius 3 is 2.71 bits per heavy atom. The van der Waals surface area contributed by atoms with E-state index in [1.54, 1.807) is 14.2 Å². The molecule has 1 amide bonds. The fourth-order valence-electron chi connectivity index (χ4n) is 3.80. The predicted molar refractivity (Wildman–Crippen MR) is 127 cm³/mol. The van der Waals surface area contributed by atoms with E-state index in [1.807, 2.05) is 46.0 Å². The van der Waals surface area contributed by atoms with Gasteiger partial charge in [0.1, 0.15) is 11.5 Å². The van der Waals surface area contributed by atoms with E-state index < -0.39 is 0 Å². The van der Waals surface area contributed by atoms with E-state index in [0.29, 0.717) is 11.7 Å². The molecule has 1 aliphatic rings. The number of thiazole rings is 1. The average molecular weight is 458 g/mol. The summed E-state index contributed by atoms with van der Waals surface area (Å²) in [5, 5.41) is 4.62. The van der Waals surface area contributed by atoms with Gasteiger partial charge in [0.25, 0.3) is 5.91 Å². The minimum atomic E-state index is 0.00919. The van der Waals surface area contributed by atoms with Crippen molar-refractivity contribution in [1.82, 2.24) is 9.88 Å². The molecule has 0 atom stereocenters. The van der Waals surface area contributed by atoms with E-state index >= 15 is 0 Å². The first-order chi connectivity index (χ1) is 15.2. The molecule has 3 heterocycles. The number of ether oxygens (including phenoxy) is 2. The Morgan fingerprint density at radius 1 is 1.16 bits per heavy atom. The number of nitrogens with zero attached hydrogens (tertiary/aromatic N) is 3. The molecule has 0 N–H and O–H groups in total. The topological polar surface area (TPSA) is 54.9 Å². The van der Waals surface area contributed by atoms with Crippen LogP contribution in [0.25, 0.3) is 11.3 Å². The van der Waals surface area contributed by atoms with Crippen molar-refractivity contribution in [1.29, 1.82) is 0 Å². The summed E-state index contributed by atoms with van der Waals surface area (Å²) in [5.74, 6) is 1.47. The van der Waals surface area contributed by atoms with E-state index in [1.165, 1.54) is 35.5 Å². The SMILES string of the molecule is COc1ccc(OC)c(-c2csc(N(CCCN3CCCC3)C(=O)c3cccs3)n2)c1. The summed E-state index contributed by atoms with van der Waals surface area (Å²) in [6, 6.07) is 9.43. The summed E-state index contributed by atoms with van der Waals surface area (Å²) in [7, 11) is 3.28. The van der Waals surface area contributed by atoms with Gasteiger partial charge in [-0.2, -0.15) is 0 Å². The highest BCUT2D eigenvalue weighted by Crippen LogP contribution is 2.36. The zero-order valence-corrected chi connectivity index (χ0v) is 19.5. The highest BCUT2D eigenvalue weighted by molar-refractivity contribution is 7.14. The first kappa shape index (κ1) is 21.8. The third-order valence-electron chi connectivity index (χ3n) is 5.44. The van der Waals surface area contributed by atoms with Gasteiger partial charge in [-0.15, -0.1) is 22.7 Å². The smallest absolute Gasteiger partial charge is 0.270 e. The number of anilines is 1. The number of hydrogen-bond acceptors (Lipinski definition) is 7. The van der Waals surface area contributed by atoms with Gasteiger partial charge in [-0.1, -0.05) is 6.07 Å². The van der Waals surface area contributed by atoms with Crippen LogP contribution in [0.2, 0.25) is 0 Å². The highest BCUT2D eigenvalue weighted by atomic mass is 32.1. The molecule has 1 saturated heterocycles. The van der Waals surface area contributed by atoms with Crippen molar-refractivity contribution in [3.05, 3.63) is 46.0 Å². The maximum atomic E-state index is 13.2. The van der Waals surface area contributed by atoms with Gasteiger partial charge in [0.15, 0.2) is 5.13 Å². The van der Waals surface area contributed by atoms with Crippen molar-refractivity contribution >= 4 is 33.7 Å². The molecule has 0 saturated carbocycles. The number of amides is 1. The summed E-state index contributed by atoms with van der Waals surface area (Å²) in [5.41, 5.74) is 1.63. The molecule has 0 aliphatic carbocycles. The summed E-state index contributed by atoms with van der Waals surface area (Å²) in [4.78, 5) is 23.1. The fraction of sp³-hybridized carbons (Fsp3) is 0.391. The lowest BCUT2D eigenvalue weighted by Gasteiger charge is -2.21. The molecule has 4 rings (SSSR count). The Balaban J connectivity index is 1.58. The largest absolute Gasteiger partial charge is 0.497 e. The van der Waals surface area contributed by atoms with Gasteiger partial charge in [-0.05, 0) is 68.5 Å². The van der Waals surface area contributed by atoms with Crippen LogP contribution < -0.4 is 14.4 Å². The average Bonchev–Trinajstić information content (AvgIpc) is 3.58. The molecule has 164 valence electrons. The van der Waals surface area contributed by atoms with E-state index in [-0.39, 0.29) is 5.91 Å². The Bertz CT molecular complexity index is 997. The number of carbonyl (C=O) groups is 1. The van der Waals surface area contributed by atoms with Gasteiger partial charge in [0, 0.05) is 17.5 Å². The maximum Gasteiger partial charge on any atom is 0.270 e. The van der Waals surface area contributed by atoms with Crippen LogP contribution in [0, 0.1) is 0 Å². The minimum Gasteiger partial charge on any atom is -0.497 e. The van der Waals surface area contributed by atoms with E-state index in [0.717, 1.165) is 53.7 Å². The van der Waals surface area contributed by atoms with Gasteiger partial charge in [-0.25, -0.2) is 4.98 Å². The Kier molecular flexibility index (Phi) is 7.21. The van der Waals surface area contributed by atoms with Crippen molar-refractivity contribution in [3.63, 3.8) is 0 Å². The van der Waals surface area contributed by atoms with Crippen LogP contribution in [-0.4, -0.2) is 56.2 Å². The molecule has 1 aromatic carbocycles. The zero-order valence-electron chi connectivity index (χ0n) is 17.9. The maximum absolute atomic E-state index is 13.2. The van der Waals surface area contributed by atoms with Crippen molar-refractivity contribution < 1.29 is 14.3 Å². The second kappa shape index (κ2) is 10.3. The van der Waals surface area contributed by atoms with Gasteiger partial charge < -0.3 is 14.4 Å². The highest BCUT2D eigenvalue weighted by Gasteiger charge is 2.23. The predicted octanol–water partition coefficient (Wildman–Crippen LogP) is 5.02. The summed E-state index contributed by atoms with van der Waals surface area (Å²) < 4.78 is 10.9. The molecule has 2 aromatic heterocycles. The number of methoxy groups -OCH3 is 2. The van der Waals surface area contributed by atoms with Crippen molar-refractivity contribution in [2.45, 2.75) is 19.3 Å². The van der Waals surface area contributed by atoms with E-state index in [2.05, 4.69) is 4.90 Å². The molecule has 3 aromatic rings. The first-order valence-corrected chi connectivity index (χ1v) is 12.2. The van der Waals surface area contributed by atoms with Gasteiger partial charge in [0.05, 0.1) is 24.8 Å². The molecular weight excluding hydrogens is 430 g/mol. The number of rotatable bonds is 9. The van der Waals surface area contributed by atoms with Gasteiger partial charge in [-0.3, -0.25) is 9.69 Å². The minimum absolute atomic E-state index is 0.00919. The van der Waals surface area contributed by atoms with E-state index in [9.17, 15) is 4.79 Å². The molecular formula is C23H27N3O3S2. The third-order valence-corrected chi connectivity index (χ3v) is 7.16. The molecule has 1 aliphatic heterocycles. The summed E-state index contributed by atoms with van der Waals surface area (Å²) in [6.07, 6.45) is 3.47. The van der Waals surface area contributed by atoms with Crippen LogP contribution in [0.5, 0.6) is 11.5 Å². The Morgan fingerprint density at radius 2 is 2.00 bits per heavy atom. The van der Waals surface area contributed by atoms with Crippen molar-refractivity contribution in [2.75, 3.05) is 45.3 Å². The molecule has 0 bridgehead atoms. The first-order valence-electron chi connectivity index (χ1n) is 10.4. The third kappa shape index (κ3) is 5.08. The van der Waals surface area contributed by atoms with E-state index in [4.69, 9.17) is 14.5 Å². The van der Waals surface area contributed by atoms with Crippen LogP contribution in [0.1, 0.15) is 28.9 Å². The number of carbonyl (C=O) groups excluding carboxylic acids is 1. The van der Waals surface area contributed by atoms with Crippen LogP contribution >= 0.6 is 22.7 Å². The number of hydrogen-bond donors (Lipinski definition) is 0. The number of thiophene rings is 1. The van der Waals surface area contributed by atoms with Crippen molar-refractivity contribution in [3.8, 4) is 22.8 Å². The van der Waals surface area contributed by atoms with Gasteiger partial charge >= 0.3 is 0 Å². The van der Waals surface area contributed by atoms with Crippen LogP contribution in [-0.2, 0) is 0 Å². The van der Waals surface area contributed by atoms with Crippen LogP contribution in [0.4, 0.5) is 5.13 Å². The lowest BCUT2D eigenvalue weighted by Crippen LogP contribution is -2.33. The summed E-state index contributed by atoms with van der Waals surface area (Å²) >= 11 is 2.95. The molecule has 8 heteroatoms. The Labute approximate surface area is 191 Å². The van der Waals surface area contributed by atoms with Crippen molar-refractivity contribution in [2.24, 2.45) is 0 Å². The molecule has 0 unspecified atom stereocenters. The number of likely N-dealkylation sites (tertiary alicyclic amines) is 1. The molecule has 0 radical (unpaired) electrons. The normalized spacial score (nSPS) is 14.0. The second-order valence-corrected chi connectivity index (χ2v) is 9.20. The standard InChI is InChI=1S/C23H27N3O3S2/c1-28-17-8-9-20(29-2)18(15-17)19-16-31-23(24-19)26(22(27)21-7-5-14-30-21)13-6-12-25-10-3-4-11-25/h5,7-9,14-16H,3-4,6,10-13H2,1-2H3. The molecule has 6 nitrogen and oxygen atoms in total. The monoisotopic (exact) mass is 457 g/mol. The lowest BCUT2D eigenvalue weighted by molar-refractivity contribution is 0.0989. The zero-order chi connectivity index (χ0) is 21.6. The lowest BCUT2D eigenvalue weighted by atomic mass is 10.1.